The van der Waals surface area contributed by atoms with E-state index in [2.05, 4.69) is 33.9 Å². The Morgan fingerprint density at radius 1 is 1.00 bits per heavy atom. The second kappa shape index (κ2) is 6.83. The molecule has 0 unspecified atom stereocenters. The molecule has 2 amide bonds. The van der Waals surface area contributed by atoms with Gasteiger partial charge in [0.05, 0.1) is 0 Å². The van der Waals surface area contributed by atoms with Crippen molar-refractivity contribution >= 4 is 6.03 Å². The third-order valence-electron chi connectivity index (χ3n) is 6.54. The SMILES string of the molecule is CC(C)N1[C@H]2CC[C@H]1CN(C(=O)N[C@H]1CCN(CC3CC3)C1)CC2. The van der Waals surface area contributed by atoms with Crippen LogP contribution >= 0.6 is 0 Å². The second-order valence-electron chi connectivity index (χ2n) is 8.80. The monoisotopic (exact) mass is 334 g/mol. The first-order valence-corrected chi connectivity index (χ1v) is 10.2. The van der Waals surface area contributed by atoms with Crippen molar-refractivity contribution in [3.05, 3.63) is 0 Å². The Hall–Kier alpha value is -0.810. The average molecular weight is 335 g/mol. The smallest absolute Gasteiger partial charge is 0.317 e. The summed E-state index contributed by atoms with van der Waals surface area (Å²) in [6.07, 6.45) is 7.66. The van der Waals surface area contributed by atoms with Crippen LogP contribution in [0.2, 0.25) is 0 Å². The van der Waals surface area contributed by atoms with Gasteiger partial charge in [0.25, 0.3) is 0 Å². The van der Waals surface area contributed by atoms with Gasteiger partial charge < -0.3 is 15.1 Å². The number of carbonyl (C=O) groups excluding carboxylic acids is 1. The number of nitrogens with one attached hydrogen (secondary N) is 1. The Bertz CT molecular complexity index is 464. The van der Waals surface area contributed by atoms with Gasteiger partial charge in [-0.25, -0.2) is 4.79 Å². The molecule has 3 aliphatic heterocycles. The van der Waals surface area contributed by atoms with Crippen LogP contribution in [0.5, 0.6) is 0 Å². The highest BCUT2D eigenvalue weighted by molar-refractivity contribution is 5.74. The molecule has 3 saturated heterocycles. The van der Waals surface area contributed by atoms with E-state index in [4.69, 9.17) is 0 Å². The minimum Gasteiger partial charge on any atom is -0.334 e. The first kappa shape index (κ1) is 16.6. The molecule has 5 heteroatoms. The first-order valence-electron chi connectivity index (χ1n) is 10.2. The van der Waals surface area contributed by atoms with Crippen molar-refractivity contribution in [1.29, 1.82) is 0 Å². The molecule has 4 fully saturated rings. The summed E-state index contributed by atoms with van der Waals surface area (Å²) in [4.78, 5) is 20.1. The summed E-state index contributed by atoms with van der Waals surface area (Å²) in [6, 6.07) is 2.39. The lowest BCUT2D eigenvalue weighted by Gasteiger charge is -2.32. The number of urea groups is 1. The number of fused-ring (bicyclic) bond motifs is 2. The van der Waals surface area contributed by atoms with E-state index in [9.17, 15) is 4.79 Å². The molecule has 0 aromatic carbocycles. The van der Waals surface area contributed by atoms with E-state index in [1.165, 1.54) is 32.2 Å². The highest BCUT2D eigenvalue weighted by Crippen LogP contribution is 2.32. The zero-order valence-corrected chi connectivity index (χ0v) is 15.4. The molecule has 5 nitrogen and oxygen atoms in total. The third-order valence-corrected chi connectivity index (χ3v) is 6.54. The van der Waals surface area contributed by atoms with Gasteiger partial charge in [-0.2, -0.15) is 0 Å². The summed E-state index contributed by atoms with van der Waals surface area (Å²) >= 11 is 0. The summed E-state index contributed by atoms with van der Waals surface area (Å²) in [6.45, 7) is 9.91. The van der Waals surface area contributed by atoms with Crippen LogP contribution in [0, 0.1) is 5.92 Å². The molecule has 2 bridgehead atoms. The van der Waals surface area contributed by atoms with Crippen molar-refractivity contribution in [3.8, 4) is 0 Å². The Balaban J connectivity index is 1.29. The number of nitrogens with zero attached hydrogens (tertiary/aromatic N) is 3. The van der Waals surface area contributed by atoms with Crippen LogP contribution in [-0.4, -0.2) is 77.6 Å². The molecular weight excluding hydrogens is 300 g/mol. The van der Waals surface area contributed by atoms with Gasteiger partial charge in [-0.15, -0.1) is 0 Å². The predicted octanol–water partition coefficient (Wildman–Crippen LogP) is 2.13. The zero-order chi connectivity index (χ0) is 16.7. The van der Waals surface area contributed by atoms with Gasteiger partial charge in [-0.1, -0.05) is 0 Å². The summed E-state index contributed by atoms with van der Waals surface area (Å²) in [7, 11) is 0. The number of carbonyl (C=O) groups is 1. The molecule has 3 atom stereocenters. The van der Waals surface area contributed by atoms with Crippen LogP contribution in [0.4, 0.5) is 4.79 Å². The lowest BCUT2D eigenvalue weighted by molar-refractivity contribution is 0.146. The van der Waals surface area contributed by atoms with Gasteiger partial charge in [0, 0.05) is 56.9 Å². The van der Waals surface area contributed by atoms with Gasteiger partial charge in [0.15, 0.2) is 0 Å². The Morgan fingerprint density at radius 2 is 1.79 bits per heavy atom. The molecular formula is C19H34N4O. The number of rotatable bonds is 4. The number of hydrogen-bond donors (Lipinski definition) is 1. The second-order valence-corrected chi connectivity index (χ2v) is 8.80. The molecule has 3 heterocycles. The largest absolute Gasteiger partial charge is 0.334 e. The van der Waals surface area contributed by atoms with Crippen LogP contribution in [0.15, 0.2) is 0 Å². The fourth-order valence-corrected chi connectivity index (χ4v) is 5.19. The number of likely N-dealkylation sites (tertiary alicyclic amines) is 2. The van der Waals surface area contributed by atoms with E-state index in [0.29, 0.717) is 24.2 Å². The van der Waals surface area contributed by atoms with Crippen LogP contribution < -0.4 is 5.32 Å². The van der Waals surface area contributed by atoms with Gasteiger partial charge in [-0.3, -0.25) is 4.90 Å². The zero-order valence-electron chi connectivity index (χ0n) is 15.4. The van der Waals surface area contributed by atoms with Crippen molar-refractivity contribution in [2.75, 3.05) is 32.7 Å². The topological polar surface area (TPSA) is 38.8 Å². The maximum Gasteiger partial charge on any atom is 0.317 e. The van der Waals surface area contributed by atoms with Crippen LogP contribution in [0.25, 0.3) is 0 Å². The van der Waals surface area contributed by atoms with Crippen molar-refractivity contribution in [3.63, 3.8) is 0 Å². The van der Waals surface area contributed by atoms with E-state index >= 15 is 0 Å². The lowest BCUT2D eigenvalue weighted by atomic mass is 10.1. The van der Waals surface area contributed by atoms with E-state index in [1.807, 2.05) is 0 Å². The van der Waals surface area contributed by atoms with E-state index in [1.54, 1.807) is 0 Å². The van der Waals surface area contributed by atoms with Crippen LogP contribution in [0.1, 0.15) is 52.4 Å². The molecule has 0 aromatic heterocycles. The molecule has 0 spiro atoms. The van der Waals surface area contributed by atoms with Crippen molar-refractivity contribution in [2.45, 2.75) is 76.5 Å². The molecule has 4 aliphatic rings. The van der Waals surface area contributed by atoms with Gasteiger partial charge in [-0.05, 0) is 58.3 Å². The molecule has 1 N–H and O–H groups in total. The highest BCUT2D eigenvalue weighted by atomic mass is 16.2. The Morgan fingerprint density at radius 3 is 2.54 bits per heavy atom. The lowest BCUT2D eigenvalue weighted by Crippen LogP contribution is -2.49. The molecule has 4 rings (SSSR count). The van der Waals surface area contributed by atoms with Crippen molar-refractivity contribution in [1.82, 2.24) is 20.0 Å². The minimum atomic E-state index is 0.185. The molecule has 136 valence electrons. The van der Waals surface area contributed by atoms with Crippen molar-refractivity contribution in [2.24, 2.45) is 5.92 Å². The summed E-state index contributed by atoms with van der Waals surface area (Å²) < 4.78 is 0. The fourth-order valence-electron chi connectivity index (χ4n) is 5.19. The summed E-state index contributed by atoms with van der Waals surface area (Å²) in [5, 5.41) is 3.33. The van der Waals surface area contributed by atoms with Gasteiger partial charge in [0.2, 0.25) is 0 Å². The number of amides is 2. The summed E-state index contributed by atoms with van der Waals surface area (Å²) in [5.74, 6) is 0.947. The number of hydrogen-bond acceptors (Lipinski definition) is 3. The molecule has 0 radical (unpaired) electrons. The predicted molar refractivity (Wildman–Crippen MR) is 96.1 cm³/mol. The normalized spacial score (nSPS) is 34.8. The molecule has 24 heavy (non-hydrogen) atoms. The summed E-state index contributed by atoms with van der Waals surface area (Å²) in [5.41, 5.74) is 0. The molecule has 0 aromatic rings. The Kier molecular flexibility index (Phi) is 4.74. The third kappa shape index (κ3) is 3.57. The van der Waals surface area contributed by atoms with E-state index in [0.717, 1.165) is 44.9 Å². The maximum atomic E-state index is 12.8. The Labute approximate surface area is 146 Å². The highest BCUT2D eigenvalue weighted by Gasteiger charge is 2.40. The standard InChI is InChI=1S/C19H34N4O/c1-14(2)23-17-5-6-18(23)13-22(10-8-17)19(24)20-16-7-9-21(12-16)11-15-3-4-15/h14-18H,3-13H2,1-2H3,(H,20,24)/t16-,17-,18-/m0/s1. The minimum absolute atomic E-state index is 0.185. The van der Waals surface area contributed by atoms with Crippen LogP contribution in [0.3, 0.4) is 0 Å². The fraction of sp³-hybridized carbons (Fsp3) is 0.947. The van der Waals surface area contributed by atoms with Gasteiger partial charge >= 0.3 is 6.03 Å². The average Bonchev–Trinajstić information content (AvgIpc) is 3.12. The van der Waals surface area contributed by atoms with E-state index < -0.39 is 0 Å². The van der Waals surface area contributed by atoms with E-state index in [-0.39, 0.29) is 6.03 Å². The van der Waals surface area contributed by atoms with Crippen molar-refractivity contribution < 1.29 is 4.79 Å². The van der Waals surface area contributed by atoms with Crippen LogP contribution in [-0.2, 0) is 0 Å². The maximum absolute atomic E-state index is 12.8. The van der Waals surface area contributed by atoms with Gasteiger partial charge in [0.1, 0.15) is 0 Å². The first-order chi connectivity index (χ1) is 11.6. The molecule has 1 aliphatic carbocycles. The molecule has 1 saturated carbocycles. The quantitative estimate of drug-likeness (QED) is 0.856.